The van der Waals surface area contributed by atoms with Crippen LogP contribution in [0.15, 0.2) is 54.6 Å². The Hall–Kier alpha value is -2.14. The molecule has 0 bridgehead atoms. The van der Waals surface area contributed by atoms with Crippen LogP contribution in [0.25, 0.3) is 0 Å². The summed E-state index contributed by atoms with van der Waals surface area (Å²) in [6, 6.07) is 16.8. The second-order valence-electron chi connectivity index (χ2n) is 6.99. The molecule has 0 heterocycles. The van der Waals surface area contributed by atoms with Gasteiger partial charge >= 0.3 is 0 Å². The number of hydroxylamine groups is 2. The summed E-state index contributed by atoms with van der Waals surface area (Å²) >= 11 is 0. The number of benzene rings is 2. The lowest BCUT2D eigenvalue weighted by Crippen LogP contribution is -2.38. The highest BCUT2D eigenvalue weighted by Crippen LogP contribution is 2.37. The minimum absolute atomic E-state index is 0.0129. The number of methoxy groups -OCH3 is 1. The van der Waals surface area contributed by atoms with Gasteiger partial charge in [0.05, 0.1) is 33.6 Å². The van der Waals surface area contributed by atoms with E-state index in [1.807, 2.05) is 54.6 Å². The fraction of sp³-hybridized carbons (Fsp3) is 0.350. The molecule has 27 heavy (non-hydrogen) atoms. The van der Waals surface area contributed by atoms with Gasteiger partial charge in [-0.15, -0.1) is 0 Å². The summed E-state index contributed by atoms with van der Waals surface area (Å²) in [4.78, 5) is 14.3. The standard InChI is InChI=1S/C20H27N2O4P/c1-26-19-11-9-18(10-12-19)13-21(16-27(2,3)25)15-20(23)22(24)14-17-7-5-4-6-8-17/h4-12,24H,13-16H2,1-3H3. The summed E-state index contributed by atoms with van der Waals surface area (Å²) in [6.07, 6.45) is 0.296. The molecule has 6 nitrogen and oxygen atoms in total. The van der Waals surface area contributed by atoms with Gasteiger partial charge in [0.2, 0.25) is 0 Å². The zero-order valence-corrected chi connectivity index (χ0v) is 16.9. The Morgan fingerprint density at radius 3 is 2.15 bits per heavy atom. The Balaban J connectivity index is 2.03. The van der Waals surface area contributed by atoms with Crippen LogP contribution < -0.4 is 4.74 Å². The highest BCUT2D eigenvalue weighted by Gasteiger charge is 2.21. The van der Waals surface area contributed by atoms with Crippen LogP contribution in [0.3, 0.4) is 0 Å². The lowest BCUT2D eigenvalue weighted by atomic mass is 10.2. The van der Waals surface area contributed by atoms with Crippen molar-refractivity contribution in [1.82, 2.24) is 9.96 Å². The zero-order valence-electron chi connectivity index (χ0n) is 16.0. The van der Waals surface area contributed by atoms with Crippen molar-refractivity contribution in [2.24, 2.45) is 0 Å². The highest BCUT2D eigenvalue weighted by atomic mass is 31.2. The quantitative estimate of drug-likeness (QED) is 0.403. The number of hydrogen-bond acceptors (Lipinski definition) is 5. The molecule has 1 amide bonds. The zero-order chi connectivity index (χ0) is 19.9. The number of carbonyl (C=O) groups is 1. The number of carbonyl (C=O) groups excluding carboxylic acids is 1. The first-order valence-electron chi connectivity index (χ1n) is 8.69. The summed E-state index contributed by atoms with van der Waals surface area (Å²) in [5.41, 5.74) is 1.82. The summed E-state index contributed by atoms with van der Waals surface area (Å²) in [6.45, 7) is 3.95. The predicted molar refractivity (Wildman–Crippen MR) is 107 cm³/mol. The molecular weight excluding hydrogens is 363 g/mol. The normalized spacial score (nSPS) is 11.4. The molecule has 2 aromatic rings. The van der Waals surface area contributed by atoms with Crippen LogP contribution >= 0.6 is 7.14 Å². The smallest absolute Gasteiger partial charge is 0.260 e. The van der Waals surface area contributed by atoms with Crippen LogP contribution in [0.5, 0.6) is 5.75 Å². The fourth-order valence-corrected chi connectivity index (χ4v) is 3.91. The lowest BCUT2D eigenvalue weighted by Gasteiger charge is -2.26. The van der Waals surface area contributed by atoms with Gasteiger partial charge in [-0.25, -0.2) is 5.06 Å². The first kappa shape index (κ1) is 21.2. The van der Waals surface area contributed by atoms with Crippen molar-refractivity contribution in [3.05, 3.63) is 65.7 Å². The van der Waals surface area contributed by atoms with Gasteiger partial charge in [0.25, 0.3) is 5.91 Å². The average Bonchev–Trinajstić information content (AvgIpc) is 2.61. The first-order chi connectivity index (χ1) is 12.8. The Bertz CT molecular complexity index is 774. The molecule has 0 atom stereocenters. The molecule has 0 aromatic heterocycles. The highest BCUT2D eigenvalue weighted by molar-refractivity contribution is 7.62. The second kappa shape index (κ2) is 9.70. The molecule has 0 radical (unpaired) electrons. The summed E-state index contributed by atoms with van der Waals surface area (Å²) in [5.74, 6) is 0.322. The monoisotopic (exact) mass is 390 g/mol. The summed E-state index contributed by atoms with van der Waals surface area (Å²) in [7, 11) is -0.774. The molecule has 0 aliphatic carbocycles. The van der Waals surface area contributed by atoms with E-state index in [2.05, 4.69) is 0 Å². The van der Waals surface area contributed by atoms with Crippen molar-refractivity contribution in [1.29, 1.82) is 0 Å². The van der Waals surface area contributed by atoms with Crippen LogP contribution in [0, 0.1) is 0 Å². The Kier molecular flexibility index (Phi) is 7.60. The molecule has 0 aliphatic heterocycles. The largest absolute Gasteiger partial charge is 0.497 e. The van der Waals surface area contributed by atoms with Crippen LogP contribution in [-0.2, 0) is 22.4 Å². The number of hydrogen-bond donors (Lipinski definition) is 1. The van der Waals surface area contributed by atoms with Crippen molar-refractivity contribution in [3.8, 4) is 5.75 Å². The molecule has 0 fully saturated rings. The Morgan fingerprint density at radius 1 is 1.00 bits per heavy atom. The molecule has 2 rings (SSSR count). The third-order valence-corrected chi connectivity index (χ3v) is 5.01. The van der Waals surface area contributed by atoms with E-state index in [-0.39, 0.29) is 13.1 Å². The van der Waals surface area contributed by atoms with Crippen molar-refractivity contribution < 1.29 is 19.3 Å². The van der Waals surface area contributed by atoms with Gasteiger partial charge in [-0.05, 0) is 36.6 Å². The van der Waals surface area contributed by atoms with E-state index in [0.717, 1.165) is 16.9 Å². The SMILES string of the molecule is COc1ccc(CN(CC(=O)N(O)Cc2ccccc2)CP(C)(C)=O)cc1. The lowest BCUT2D eigenvalue weighted by molar-refractivity contribution is -0.169. The van der Waals surface area contributed by atoms with Crippen molar-refractivity contribution >= 4 is 13.0 Å². The number of rotatable bonds is 9. The van der Waals surface area contributed by atoms with E-state index in [0.29, 0.717) is 17.9 Å². The average molecular weight is 390 g/mol. The fourth-order valence-electron chi connectivity index (χ4n) is 2.74. The van der Waals surface area contributed by atoms with Crippen molar-refractivity contribution in [2.75, 3.05) is 33.3 Å². The maximum Gasteiger partial charge on any atom is 0.260 e. The van der Waals surface area contributed by atoms with Gasteiger partial charge in [-0.3, -0.25) is 14.9 Å². The summed E-state index contributed by atoms with van der Waals surface area (Å²) in [5, 5.41) is 10.8. The van der Waals surface area contributed by atoms with E-state index in [4.69, 9.17) is 4.74 Å². The molecule has 0 spiro atoms. The molecule has 146 valence electrons. The van der Waals surface area contributed by atoms with Crippen LogP contribution in [0.1, 0.15) is 11.1 Å². The third kappa shape index (κ3) is 7.55. The minimum Gasteiger partial charge on any atom is -0.497 e. The topological polar surface area (TPSA) is 70.1 Å². The molecule has 1 N–H and O–H groups in total. The predicted octanol–water partition coefficient (Wildman–Crippen LogP) is 3.50. The third-order valence-electron chi connectivity index (χ3n) is 3.93. The van der Waals surface area contributed by atoms with Gasteiger partial charge in [0.15, 0.2) is 0 Å². The van der Waals surface area contributed by atoms with E-state index in [9.17, 15) is 14.6 Å². The van der Waals surface area contributed by atoms with Gasteiger partial charge in [0.1, 0.15) is 5.75 Å². The molecule has 0 aliphatic rings. The maximum absolute atomic E-state index is 12.5. The number of nitrogens with zero attached hydrogens (tertiary/aromatic N) is 2. The van der Waals surface area contributed by atoms with E-state index >= 15 is 0 Å². The number of ether oxygens (including phenoxy) is 1. The van der Waals surface area contributed by atoms with Gasteiger partial charge in [-0.2, -0.15) is 0 Å². The van der Waals surface area contributed by atoms with E-state index in [1.165, 1.54) is 0 Å². The summed E-state index contributed by atoms with van der Waals surface area (Å²) < 4.78 is 17.5. The molecular formula is C20H27N2O4P. The molecule has 2 aromatic carbocycles. The van der Waals surface area contributed by atoms with Crippen LogP contribution in [0.4, 0.5) is 0 Å². The molecule has 7 heteroatoms. The molecule has 0 saturated heterocycles. The maximum atomic E-state index is 12.5. The second-order valence-corrected chi connectivity index (χ2v) is 10.4. The van der Waals surface area contributed by atoms with Gasteiger partial charge in [0, 0.05) is 6.54 Å². The molecule has 0 saturated carbocycles. The molecule has 0 unspecified atom stereocenters. The van der Waals surface area contributed by atoms with Gasteiger partial charge in [-0.1, -0.05) is 42.5 Å². The van der Waals surface area contributed by atoms with Crippen molar-refractivity contribution in [2.45, 2.75) is 13.1 Å². The van der Waals surface area contributed by atoms with Crippen LogP contribution in [-0.4, -0.2) is 54.3 Å². The van der Waals surface area contributed by atoms with Crippen molar-refractivity contribution in [3.63, 3.8) is 0 Å². The van der Waals surface area contributed by atoms with E-state index in [1.54, 1.807) is 25.3 Å². The first-order valence-corrected chi connectivity index (χ1v) is 11.5. The van der Waals surface area contributed by atoms with Crippen LogP contribution in [0.2, 0.25) is 0 Å². The van der Waals surface area contributed by atoms with Gasteiger partial charge < -0.3 is 9.30 Å². The Labute approximate surface area is 160 Å². The minimum atomic E-state index is -2.38. The van der Waals surface area contributed by atoms with E-state index < -0.39 is 13.0 Å². The Morgan fingerprint density at radius 2 is 1.59 bits per heavy atom. The number of amides is 1.